The summed E-state index contributed by atoms with van der Waals surface area (Å²) in [6.07, 6.45) is -3.97. The van der Waals surface area contributed by atoms with E-state index in [1.807, 2.05) is 0 Å². The van der Waals surface area contributed by atoms with Gasteiger partial charge in [-0.2, -0.15) is 13.2 Å². The largest absolute Gasteiger partial charge is 0.417 e. The maximum Gasteiger partial charge on any atom is 0.417 e. The number of alkyl halides is 3. The second-order valence-electron chi connectivity index (χ2n) is 3.59. The van der Waals surface area contributed by atoms with Gasteiger partial charge in [-0.3, -0.25) is 0 Å². The highest BCUT2D eigenvalue weighted by molar-refractivity contribution is 7.89. The Bertz CT molecular complexity index is 509. The van der Waals surface area contributed by atoms with Crippen molar-refractivity contribution in [3.63, 3.8) is 0 Å². The Hall–Kier alpha value is -1.08. The van der Waals surface area contributed by atoms with Gasteiger partial charge in [0.25, 0.3) is 0 Å². The van der Waals surface area contributed by atoms with E-state index in [9.17, 15) is 21.6 Å². The summed E-state index contributed by atoms with van der Waals surface area (Å²) in [5.74, 6) is 0. The molecule has 7 heteroatoms. The molecule has 0 atom stereocenters. The highest BCUT2D eigenvalue weighted by Gasteiger charge is 2.37. The Morgan fingerprint density at radius 1 is 1.29 bits per heavy atom. The lowest BCUT2D eigenvalue weighted by Crippen LogP contribution is -2.21. The van der Waals surface area contributed by atoms with Gasteiger partial charge >= 0.3 is 6.18 Å². The van der Waals surface area contributed by atoms with Crippen LogP contribution >= 0.6 is 0 Å². The van der Waals surface area contributed by atoms with Gasteiger partial charge in [-0.25, -0.2) is 13.6 Å². The van der Waals surface area contributed by atoms with Crippen molar-refractivity contribution in [1.82, 2.24) is 0 Å². The van der Waals surface area contributed by atoms with Crippen molar-refractivity contribution in [2.24, 2.45) is 5.14 Å². The SMILES string of the molecule is CCCc1cccc(C(F)(F)F)c1S(N)(=O)=O. The second kappa shape index (κ2) is 4.66. The number of primary sulfonamides is 1. The molecule has 0 amide bonds. The molecule has 0 heterocycles. The van der Waals surface area contributed by atoms with E-state index in [2.05, 4.69) is 0 Å². The van der Waals surface area contributed by atoms with Gasteiger partial charge in [0.15, 0.2) is 0 Å². The zero-order valence-corrected chi connectivity index (χ0v) is 9.90. The zero-order chi connectivity index (χ0) is 13.3. The Morgan fingerprint density at radius 3 is 2.29 bits per heavy atom. The lowest BCUT2D eigenvalue weighted by molar-refractivity contribution is -0.140. The van der Waals surface area contributed by atoms with E-state index in [-0.39, 0.29) is 12.0 Å². The van der Waals surface area contributed by atoms with Gasteiger partial charge in [-0.05, 0) is 18.1 Å². The van der Waals surface area contributed by atoms with Crippen molar-refractivity contribution in [3.8, 4) is 0 Å². The molecule has 0 saturated carbocycles. The van der Waals surface area contributed by atoms with Gasteiger partial charge in [-0.15, -0.1) is 0 Å². The van der Waals surface area contributed by atoms with E-state index in [1.165, 1.54) is 12.1 Å². The topological polar surface area (TPSA) is 60.2 Å². The molecule has 0 fully saturated rings. The molecule has 96 valence electrons. The number of nitrogens with two attached hydrogens (primary N) is 1. The molecule has 0 spiro atoms. The van der Waals surface area contributed by atoms with E-state index in [0.29, 0.717) is 6.42 Å². The molecule has 1 aromatic carbocycles. The van der Waals surface area contributed by atoms with Gasteiger partial charge in [0.2, 0.25) is 10.0 Å². The van der Waals surface area contributed by atoms with Gasteiger partial charge in [0, 0.05) is 0 Å². The molecule has 1 aromatic rings. The fourth-order valence-electron chi connectivity index (χ4n) is 1.61. The Morgan fingerprint density at radius 2 is 1.88 bits per heavy atom. The number of aryl methyl sites for hydroxylation is 1. The summed E-state index contributed by atoms with van der Waals surface area (Å²) < 4.78 is 60.6. The monoisotopic (exact) mass is 267 g/mol. The molecular formula is C10H12F3NO2S. The molecule has 0 aliphatic carbocycles. The quantitative estimate of drug-likeness (QED) is 0.913. The molecule has 0 saturated heterocycles. The van der Waals surface area contributed by atoms with Gasteiger partial charge < -0.3 is 0 Å². The van der Waals surface area contributed by atoms with E-state index >= 15 is 0 Å². The Balaban J connectivity index is 3.58. The van der Waals surface area contributed by atoms with Gasteiger partial charge in [0.05, 0.1) is 10.5 Å². The Kier molecular flexibility index (Phi) is 3.83. The fraction of sp³-hybridized carbons (Fsp3) is 0.400. The average Bonchev–Trinajstić information content (AvgIpc) is 2.14. The number of sulfonamides is 1. The summed E-state index contributed by atoms with van der Waals surface area (Å²) >= 11 is 0. The lowest BCUT2D eigenvalue weighted by Gasteiger charge is -2.14. The lowest BCUT2D eigenvalue weighted by atomic mass is 10.1. The summed E-state index contributed by atoms with van der Waals surface area (Å²) in [7, 11) is -4.39. The van der Waals surface area contributed by atoms with Crippen LogP contribution in [0.5, 0.6) is 0 Å². The molecule has 0 aliphatic rings. The molecule has 0 aliphatic heterocycles. The van der Waals surface area contributed by atoms with Crippen LogP contribution in [0.2, 0.25) is 0 Å². The first-order valence-corrected chi connectivity index (χ1v) is 6.44. The van der Waals surface area contributed by atoms with Crippen LogP contribution in [0.1, 0.15) is 24.5 Å². The maximum atomic E-state index is 12.7. The summed E-state index contributed by atoms with van der Waals surface area (Å²) in [6, 6.07) is 3.25. The van der Waals surface area contributed by atoms with Crippen molar-refractivity contribution in [2.75, 3.05) is 0 Å². The van der Waals surface area contributed by atoms with Crippen LogP contribution in [-0.2, 0) is 22.6 Å². The first-order chi connectivity index (χ1) is 7.68. The Labute approximate surface area is 97.5 Å². The normalized spacial score (nSPS) is 12.8. The van der Waals surface area contributed by atoms with Gasteiger partial charge in [0.1, 0.15) is 0 Å². The van der Waals surface area contributed by atoms with E-state index in [0.717, 1.165) is 6.07 Å². The standard InChI is InChI=1S/C10H12F3NO2S/c1-2-4-7-5-3-6-8(10(11,12)13)9(7)17(14,15)16/h3,5-6H,2,4H2,1H3,(H2,14,15,16). The first kappa shape index (κ1) is 14.0. The van der Waals surface area contributed by atoms with Crippen molar-refractivity contribution >= 4 is 10.0 Å². The molecule has 3 nitrogen and oxygen atoms in total. The molecule has 2 N–H and O–H groups in total. The van der Waals surface area contributed by atoms with Crippen LogP contribution in [0.15, 0.2) is 23.1 Å². The van der Waals surface area contributed by atoms with Crippen molar-refractivity contribution in [2.45, 2.75) is 30.8 Å². The smallest absolute Gasteiger partial charge is 0.225 e. The fourth-order valence-corrected chi connectivity index (χ4v) is 2.64. The summed E-state index contributed by atoms with van der Waals surface area (Å²) in [5, 5.41) is 4.86. The van der Waals surface area contributed by atoms with E-state index in [4.69, 9.17) is 5.14 Å². The summed E-state index contributed by atoms with van der Waals surface area (Å²) in [5.41, 5.74) is -1.10. The zero-order valence-electron chi connectivity index (χ0n) is 9.08. The first-order valence-electron chi connectivity index (χ1n) is 4.89. The second-order valence-corrected chi connectivity index (χ2v) is 5.08. The molecular weight excluding hydrogens is 255 g/mol. The summed E-state index contributed by atoms with van der Waals surface area (Å²) in [6.45, 7) is 1.74. The van der Waals surface area contributed by atoms with Crippen LogP contribution in [0.25, 0.3) is 0 Å². The van der Waals surface area contributed by atoms with Gasteiger partial charge in [-0.1, -0.05) is 25.5 Å². The number of hydrogen-bond donors (Lipinski definition) is 1. The third kappa shape index (κ3) is 3.19. The molecule has 0 aromatic heterocycles. The van der Waals surface area contributed by atoms with Crippen LogP contribution in [-0.4, -0.2) is 8.42 Å². The molecule has 0 radical (unpaired) electrons. The van der Waals surface area contributed by atoms with E-state index in [1.54, 1.807) is 6.92 Å². The van der Waals surface area contributed by atoms with Crippen molar-refractivity contribution in [1.29, 1.82) is 0 Å². The maximum absolute atomic E-state index is 12.7. The average molecular weight is 267 g/mol. The highest BCUT2D eigenvalue weighted by atomic mass is 32.2. The molecule has 1 rings (SSSR count). The minimum absolute atomic E-state index is 0.102. The molecule has 0 unspecified atom stereocenters. The van der Waals surface area contributed by atoms with Crippen LogP contribution in [0.3, 0.4) is 0 Å². The number of benzene rings is 1. The third-order valence-corrected chi connectivity index (χ3v) is 3.26. The minimum Gasteiger partial charge on any atom is -0.225 e. The number of rotatable bonds is 3. The molecule has 0 bridgehead atoms. The number of halogens is 3. The third-order valence-electron chi connectivity index (χ3n) is 2.21. The number of hydrogen-bond acceptors (Lipinski definition) is 2. The highest BCUT2D eigenvalue weighted by Crippen LogP contribution is 2.35. The summed E-state index contributed by atoms with van der Waals surface area (Å²) in [4.78, 5) is -0.811. The van der Waals surface area contributed by atoms with E-state index < -0.39 is 26.7 Å². The predicted molar refractivity (Wildman–Crippen MR) is 56.8 cm³/mol. The van der Waals surface area contributed by atoms with Crippen LogP contribution < -0.4 is 5.14 Å². The predicted octanol–water partition coefficient (Wildman–Crippen LogP) is 2.31. The van der Waals surface area contributed by atoms with Crippen molar-refractivity contribution < 1.29 is 21.6 Å². The van der Waals surface area contributed by atoms with Crippen LogP contribution in [0.4, 0.5) is 13.2 Å². The molecule has 17 heavy (non-hydrogen) atoms. The van der Waals surface area contributed by atoms with Crippen LogP contribution in [0, 0.1) is 0 Å². The minimum atomic E-state index is -4.73. The van der Waals surface area contributed by atoms with Crippen molar-refractivity contribution in [3.05, 3.63) is 29.3 Å².